The summed E-state index contributed by atoms with van der Waals surface area (Å²) in [6.07, 6.45) is 6.84. The van der Waals surface area contributed by atoms with Crippen molar-refractivity contribution in [1.29, 1.82) is 0 Å². The van der Waals surface area contributed by atoms with Crippen LogP contribution in [0.5, 0.6) is 0 Å². The van der Waals surface area contributed by atoms with Crippen molar-refractivity contribution in [2.24, 2.45) is 10.9 Å². The van der Waals surface area contributed by atoms with Gasteiger partial charge in [0.2, 0.25) is 0 Å². The second kappa shape index (κ2) is 7.13. The molecule has 19 heavy (non-hydrogen) atoms. The molecule has 2 rings (SSSR count). The van der Waals surface area contributed by atoms with E-state index in [4.69, 9.17) is 4.99 Å². The lowest BCUT2D eigenvalue weighted by Gasteiger charge is -2.23. The van der Waals surface area contributed by atoms with Gasteiger partial charge in [0.25, 0.3) is 0 Å². The fraction of sp³-hybridized carbons (Fsp3) is 0.933. The van der Waals surface area contributed by atoms with E-state index in [-0.39, 0.29) is 0 Å². The highest BCUT2D eigenvalue weighted by Crippen LogP contribution is 2.28. The molecule has 0 aromatic carbocycles. The summed E-state index contributed by atoms with van der Waals surface area (Å²) in [6, 6.07) is 1.44. The largest absolute Gasteiger partial charge is 0.357 e. The van der Waals surface area contributed by atoms with Crippen molar-refractivity contribution in [2.45, 2.75) is 58.0 Å². The molecule has 110 valence electrons. The second-order valence-electron chi connectivity index (χ2n) is 6.14. The van der Waals surface area contributed by atoms with Crippen LogP contribution in [0, 0.1) is 5.92 Å². The Labute approximate surface area is 118 Å². The average Bonchev–Trinajstić information content (AvgIpc) is 2.88. The molecule has 0 saturated heterocycles. The zero-order valence-corrected chi connectivity index (χ0v) is 12.8. The van der Waals surface area contributed by atoms with Crippen LogP contribution in [0.25, 0.3) is 0 Å². The summed E-state index contributed by atoms with van der Waals surface area (Å²) in [4.78, 5) is 7.18. The maximum atomic E-state index is 4.69. The monoisotopic (exact) mass is 266 g/mol. The fourth-order valence-electron chi connectivity index (χ4n) is 2.87. The highest BCUT2D eigenvalue weighted by Gasteiger charge is 2.33. The lowest BCUT2D eigenvalue weighted by molar-refractivity contribution is 0.252. The van der Waals surface area contributed by atoms with E-state index < -0.39 is 0 Å². The smallest absolute Gasteiger partial charge is 0.191 e. The van der Waals surface area contributed by atoms with Crippen molar-refractivity contribution >= 4 is 5.96 Å². The number of hydrogen-bond acceptors (Lipinski definition) is 2. The number of nitrogens with zero attached hydrogens (tertiary/aromatic N) is 2. The number of guanidine groups is 1. The fourth-order valence-corrected chi connectivity index (χ4v) is 2.87. The summed E-state index contributed by atoms with van der Waals surface area (Å²) in [7, 11) is 2.24. The summed E-state index contributed by atoms with van der Waals surface area (Å²) >= 11 is 0. The van der Waals surface area contributed by atoms with E-state index >= 15 is 0 Å². The summed E-state index contributed by atoms with van der Waals surface area (Å²) < 4.78 is 0. The molecule has 0 aromatic heterocycles. The van der Waals surface area contributed by atoms with Crippen molar-refractivity contribution in [3.05, 3.63) is 0 Å². The van der Waals surface area contributed by atoms with Crippen LogP contribution in [-0.2, 0) is 0 Å². The van der Waals surface area contributed by atoms with Gasteiger partial charge < -0.3 is 15.5 Å². The van der Waals surface area contributed by atoms with E-state index in [1.807, 2.05) is 0 Å². The lowest BCUT2D eigenvalue weighted by atomic mass is 10.2. The van der Waals surface area contributed by atoms with Crippen LogP contribution in [0.2, 0.25) is 0 Å². The summed E-state index contributed by atoms with van der Waals surface area (Å²) in [5.41, 5.74) is 0. The quantitative estimate of drug-likeness (QED) is 0.569. The van der Waals surface area contributed by atoms with Gasteiger partial charge in [0.15, 0.2) is 5.96 Å². The Morgan fingerprint density at radius 2 is 2.00 bits per heavy atom. The molecule has 4 nitrogen and oxygen atoms in total. The average molecular weight is 266 g/mol. The van der Waals surface area contributed by atoms with Crippen LogP contribution in [0.15, 0.2) is 4.99 Å². The van der Waals surface area contributed by atoms with Crippen LogP contribution in [0.3, 0.4) is 0 Å². The minimum atomic E-state index is 0.644. The molecule has 0 amide bonds. The Bertz CT molecular complexity index is 297. The molecule has 2 saturated carbocycles. The topological polar surface area (TPSA) is 39.7 Å². The van der Waals surface area contributed by atoms with Crippen LogP contribution in [0.1, 0.15) is 46.0 Å². The van der Waals surface area contributed by atoms with Gasteiger partial charge in [0.05, 0.1) is 6.54 Å². The van der Waals surface area contributed by atoms with Gasteiger partial charge in [-0.05, 0) is 39.2 Å². The Morgan fingerprint density at radius 3 is 2.58 bits per heavy atom. The minimum absolute atomic E-state index is 0.644. The predicted octanol–water partition coefficient (Wildman–Crippen LogP) is 1.82. The van der Waals surface area contributed by atoms with Gasteiger partial charge in [-0.25, -0.2) is 0 Å². The SMILES string of the molecule is CCNC(=NCCN(C)C1CCCC1)NC1CC1C. The maximum absolute atomic E-state index is 4.69. The first-order valence-corrected chi connectivity index (χ1v) is 7.95. The molecule has 2 aliphatic rings. The van der Waals surface area contributed by atoms with Crippen molar-refractivity contribution in [2.75, 3.05) is 26.7 Å². The third-order valence-electron chi connectivity index (χ3n) is 4.45. The maximum Gasteiger partial charge on any atom is 0.191 e. The molecule has 4 heteroatoms. The number of likely N-dealkylation sites (N-methyl/N-ethyl adjacent to an activating group) is 1. The third kappa shape index (κ3) is 4.68. The van der Waals surface area contributed by atoms with E-state index in [9.17, 15) is 0 Å². The number of nitrogens with one attached hydrogen (secondary N) is 2. The Hall–Kier alpha value is -0.770. The van der Waals surface area contributed by atoms with Crippen molar-refractivity contribution in [3.8, 4) is 0 Å². The Morgan fingerprint density at radius 1 is 1.32 bits per heavy atom. The first-order valence-electron chi connectivity index (χ1n) is 7.95. The Balaban J connectivity index is 1.70. The summed E-state index contributed by atoms with van der Waals surface area (Å²) in [5.74, 6) is 1.81. The van der Waals surface area contributed by atoms with Gasteiger partial charge in [-0.2, -0.15) is 0 Å². The Kier molecular flexibility index (Phi) is 5.49. The van der Waals surface area contributed by atoms with Crippen molar-refractivity contribution in [1.82, 2.24) is 15.5 Å². The molecular weight excluding hydrogens is 236 g/mol. The van der Waals surface area contributed by atoms with Crippen LogP contribution >= 0.6 is 0 Å². The molecule has 2 atom stereocenters. The van der Waals surface area contributed by atoms with Crippen LogP contribution < -0.4 is 10.6 Å². The van der Waals surface area contributed by atoms with Gasteiger partial charge in [0.1, 0.15) is 0 Å². The number of hydrogen-bond donors (Lipinski definition) is 2. The summed E-state index contributed by atoms with van der Waals surface area (Å²) in [6.45, 7) is 7.31. The molecule has 0 heterocycles. The van der Waals surface area contributed by atoms with Crippen molar-refractivity contribution < 1.29 is 0 Å². The highest BCUT2D eigenvalue weighted by atomic mass is 15.2. The molecule has 0 bridgehead atoms. The van der Waals surface area contributed by atoms with Gasteiger partial charge in [-0.3, -0.25) is 4.99 Å². The summed E-state index contributed by atoms with van der Waals surface area (Å²) in [5, 5.41) is 6.84. The van der Waals surface area contributed by atoms with Crippen LogP contribution in [0.4, 0.5) is 0 Å². The first kappa shape index (κ1) is 14.6. The van der Waals surface area contributed by atoms with E-state index in [1.165, 1.54) is 32.1 Å². The van der Waals surface area contributed by atoms with Gasteiger partial charge in [-0.1, -0.05) is 19.8 Å². The van der Waals surface area contributed by atoms with E-state index in [2.05, 4.69) is 36.4 Å². The molecule has 2 fully saturated rings. The molecule has 0 spiro atoms. The van der Waals surface area contributed by atoms with Crippen molar-refractivity contribution in [3.63, 3.8) is 0 Å². The minimum Gasteiger partial charge on any atom is -0.357 e. The van der Waals surface area contributed by atoms with Gasteiger partial charge in [-0.15, -0.1) is 0 Å². The molecule has 2 unspecified atom stereocenters. The van der Waals surface area contributed by atoms with E-state index in [0.717, 1.165) is 37.6 Å². The molecule has 2 aliphatic carbocycles. The zero-order valence-electron chi connectivity index (χ0n) is 12.8. The third-order valence-corrected chi connectivity index (χ3v) is 4.45. The number of rotatable bonds is 6. The first-order chi connectivity index (χ1) is 9.20. The predicted molar refractivity (Wildman–Crippen MR) is 81.6 cm³/mol. The molecule has 0 radical (unpaired) electrons. The number of aliphatic imine (C=N–C) groups is 1. The molecular formula is C15H30N4. The molecule has 0 aromatic rings. The second-order valence-corrected chi connectivity index (χ2v) is 6.14. The standard InChI is InChI=1S/C15H30N4/c1-4-16-15(18-14-11-12(14)2)17-9-10-19(3)13-7-5-6-8-13/h12-14H,4-11H2,1-3H3,(H2,16,17,18). The van der Waals surface area contributed by atoms with Crippen LogP contribution in [-0.4, -0.2) is 49.6 Å². The van der Waals surface area contributed by atoms with Gasteiger partial charge >= 0.3 is 0 Å². The normalized spacial score (nSPS) is 27.9. The highest BCUT2D eigenvalue weighted by molar-refractivity contribution is 5.80. The van der Waals surface area contributed by atoms with E-state index in [0.29, 0.717) is 6.04 Å². The van der Waals surface area contributed by atoms with E-state index in [1.54, 1.807) is 0 Å². The zero-order chi connectivity index (χ0) is 13.7. The lowest BCUT2D eigenvalue weighted by Crippen LogP contribution is -2.40. The molecule has 2 N–H and O–H groups in total. The van der Waals surface area contributed by atoms with Gasteiger partial charge in [0, 0.05) is 25.2 Å². The molecule has 0 aliphatic heterocycles.